The van der Waals surface area contributed by atoms with E-state index in [-0.39, 0.29) is 23.0 Å². The van der Waals surface area contributed by atoms with Crippen LogP contribution in [0.2, 0.25) is 0 Å². The molecule has 1 aliphatic rings. The molecule has 116 valence electrons. The Morgan fingerprint density at radius 3 is 2.95 bits per heavy atom. The molecule has 0 bridgehead atoms. The minimum Gasteiger partial charge on any atom is -0.326 e. The van der Waals surface area contributed by atoms with Gasteiger partial charge in [-0.2, -0.15) is 0 Å². The Kier molecular flexibility index (Phi) is 4.34. The molecular weight excluding hydrogens is 352 g/mol. The van der Waals surface area contributed by atoms with Crippen LogP contribution in [0.1, 0.15) is 29.4 Å². The Bertz CT molecular complexity index is 734. The number of nitrogens with zero attached hydrogens (tertiary/aromatic N) is 3. The maximum Gasteiger partial charge on any atom is 0.277 e. The van der Waals surface area contributed by atoms with Gasteiger partial charge < -0.3 is 15.6 Å². The number of hydrogen-bond acceptors (Lipinski definition) is 5. The number of anilines is 1. The summed E-state index contributed by atoms with van der Waals surface area (Å²) in [6.45, 7) is 1.86. The van der Waals surface area contributed by atoms with E-state index in [9.17, 15) is 9.59 Å². The van der Waals surface area contributed by atoms with Crippen molar-refractivity contribution in [1.82, 2.24) is 25.3 Å². The van der Waals surface area contributed by atoms with Crippen molar-refractivity contribution in [2.45, 2.75) is 18.9 Å². The first-order chi connectivity index (χ1) is 10.6. The first-order valence-electron chi connectivity index (χ1n) is 6.95. The van der Waals surface area contributed by atoms with Gasteiger partial charge in [0.25, 0.3) is 11.5 Å². The molecule has 0 unspecified atom stereocenters. The van der Waals surface area contributed by atoms with E-state index in [1.165, 1.54) is 12.3 Å². The minimum atomic E-state index is -0.455. The lowest BCUT2D eigenvalue weighted by atomic mass is 10.1. The number of aromatic nitrogens is 4. The van der Waals surface area contributed by atoms with E-state index < -0.39 is 5.91 Å². The topological polar surface area (TPSA) is 105 Å². The van der Waals surface area contributed by atoms with Gasteiger partial charge in [0.1, 0.15) is 5.69 Å². The summed E-state index contributed by atoms with van der Waals surface area (Å²) in [5.74, 6) is -0.455. The lowest BCUT2D eigenvalue weighted by Gasteiger charge is -2.22. The fourth-order valence-corrected chi connectivity index (χ4v) is 2.71. The van der Waals surface area contributed by atoms with Gasteiger partial charge in [-0.3, -0.25) is 9.59 Å². The van der Waals surface area contributed by atoms with Gasteiger partial charge in [-0.05, 0) is 47.9 Å². The van der Waals surface area contributed by atoms with Gasteiger partial charge in [-0.15, -0.1) is 5.10 Å². The van der Waals surface area contributed by atoms with Crippen molar-refractivity contribution < 1.29 is 4.79 Å². The van der Waals surface area contributed by atoms with Crippen molar-refractivity contribution in [2.75, 3.05) is 18.4 Å². The van der Waals surface area contributed by atoms with E-state index in [1.54, 1.807) is 10.9 Å². The molecule has 0 radical (unpaired) electrons. The van der Waals surface area contributed by atoms with Crippen LogP contribution in [0.3, 0.4) is 0 Å². The molecule has 0 saturated carbocycles. The summed E-state index contributed by atoms with van der Waals surface area (Å²) in [5, 5.41) is 13.7. The summed E-state index contributed by atoms with van der Waals surface area (Å²) in [7, 11) is 0. The molecule has 8 nitrogen and oxygen atoms in total. The van der Waals surface area contributed by atoms with Crippen LogP contribution in [0, 0.1) is 0 Å². The first-order valence-corrected chi connectivity index (χ1v) is 7.75. The van der Waals surface area contributed by atoms with Crippen molar-refractivity contribution in [2.24, 2.45) is 0 Å². The van der Waals surface area contributed by atoms with Crippen LogP contribution in [-0.4, -0.2) is 39.0 Å². The molecule has 22 heavy (non-hydrogen) atoms. The van der Waals surface area contributed by atoms with Gasteiger partial charge in [0.15, 0.2) is 5.69 Å². The third-order valence-corrected chi connectivity index (χ3v) is 4.00. The maximum absolute atomic E-state index is 12.2. The van der Waals surface area contributed by atoms with Crippen molar-refractivity contribution in [1.29, 1.82) is 0 Å². The molecule has 1 amide bonds. The number of hydrogen-bond donors (Lipinski definition) is 3. The van der Waals surface area contributed by atoms with Crippen molar-refractivity contribution >= 4 is 27.5 Å². The van der Waals surface area contributed by atoms with Crippen LogP contribution in [0.4, 0.5) is 5.69 Å². The number of pyridine rings is 1. The molecule has 3 heterocycles. The summed E-state index contributed by atoms with van der Waals surface area (Å²) >= 11 is 3.24. The summed E-state index contributed by atoms with van der Waals surface area (Å²) in [4.78, 5) is 26.3. The first kappa shape index (κ1) is 14.9. The second kappa shape index (κ2) is 6.41. The number of halogens is 1. The lowest BCUT2D eigenvalue weighted by molar-refractivity contribution is 0.102. The predicted molar refractivity (Wildman–Crippen MR) is 83.9 cm³/mol. The van der Waals surface area contributed by atoms with E-state index in [2.05, 4.69) is 41.9 Å². The second-order valence-corrected chi connectivity index (χ2v) is 6.00. The number of carbonyl (C=O) groups excluding carboxylic acids is 1. The van der Waals surface area contributed by atoms with Gasteiger partial charge in [-0.1, -0.05) is 5.21 Å². The van der Waals surface area contributed by atoms with Gasteiger partial charge in [0.05, 0.1) is 12.2 Å². The summed E-state index contributed by atoms with van der Waals surface area (Å²) in [6.07, 6.45) is 5.04. The average Bonchev–Trinajstić information content (AvgIpc) is 3.02. The van der Waals surface area contributed by atoms with E-state index in [0.717, 1.165) is 25.9 Å². The van der Waals surface area contributed by atoms with E-state index in [1.807, 2.05) is 0 Å². The molecule has 9 heteroatoms. The molecule has 1 saturated heterocycles. The second-order valence-electron chi connectivity index (χ2n) is 5.08. The van der Waals surface area contributed by atoms with Gasteiger partial charge in [0, 0.05) is 10.7 Å². The summed E-state index contributed by atoms with van der Waals surface area (Å²) in [5.41, 5.74) is -0.0176. The highest BCUT2D eigenvalue weighted by atomic mass is 79.9. The zero-order valence-electron chi connectivity index (χ0n) is 11.7. The van der Waals surface area contributed by atoms with Gasteiger partial charge in [0.2, 0.25) is 0 Å². The van der Waals surface area contributed by atoms with E-state index in [0.29, 0.717) is 4.47 Å². The van der Waals surface area contributed by atoms with Crippen molar-refractivity contribution in [3.05, 3.63) is 39.0 Å². The zero-order valence-corrected chi connectivity index (χ0v) is 13.3. The Hall–Kier alpha value is -2.00. The molecule has 2 aromatic heterocycles. The van der Waals surface area contributed by atoms with E-state index >= 15 is 0 Å². The lowest BCUT2D eigenvalue weighted by Crippen LogP contribution is -2.29. The number of piperidine rings is 1. The van der Waals surface area contributed by atoms with Crippen LogP contribution < -0.4 is 16.2 Å². The molecule has 0 spiro atoms. The standard InChI is InChI=1S/C13H15BrN6O2/c14-8-5-10(12(21)16-6-8)17-13(22)11-7-20(19-18-11)9-1-3-15-4-2-9/h5-7,9,15H,1-4H2,(H,16,21)(H,17,22). The molecule has 0 aromatic carbocycles. The van der Waals surface area contributed by atoms with Crippen LogP contribution in [-0.2, 0) is 0 Å². The Labute approximate surface area is 134 Å². The molecule has 2 aromatic rings. The molecule has 3 rings (SSSR count). The smallest absolute Gasteiger partial charge is 0.277 e. The Morgan fingerprint density at radius 2 is 2.18 bits per heavy atom. The molecule has 1 fully saturated rings. The molecule has 1 aliphatic heterocycles. The quantitative estimate of drug-likeness (QED) is 0.748. The maximum atomic E-state index is 12.2. The average molecular weight is 367 g/mol. The Balaban J connectivity index is 1.74. The van der Waals surface area contributed by atoms with Crippen LogP contribution >= 0.6 is 15.9 Å². The van der Waals surface area contributed by atoms with Gasteiger partial charge >= 0.3 is 0 Å². The minimum absolute atomic E-state index is 0.163. The zero-order chi connectivity index (χ0) is 15.5. The number of carbonyl (C=O) groups is 1. The van der Waals surface area contributed by atoms with Crippen LogP contribution in [0.5, 0.6) is 0 Å². The van der Waals surface area contributed by atoms with Crippen molar-refractivity contribution in [3.8, 4) is 0 Å². The van der Waals surface area contributed by atoms with Crippen LogP contribution in [0.15, 0.2) is 27.7 Å². The van der Waals surface area contributed by atoms with Crippen molar-refractivity contribution in [3.63, 3.8) is 0 Å². The third-order valence-electron chi connectivity index (χ3n) is 3.54. The highest BCUT2D eigenvalue weighted by molar-refractivity contribution is 9.10. The summed E-state index contributed by atoms with van der Waals surface area (Å²) in [6, 6.07) is 1.79. The molecule has 0 aliphatic carbocycles. The fourth-order valence-electron chi connectivity index (χ4n) is 2.37. The SMILES string of the molecule is O=C(Nc1cc(Br)c[nH]c1=O)c1cn(C2CCNCC2)nn1. The monoisotopic (exact) mass is 366 g/mol. The number of nitrogens with one attached hydrogen (secondary N) is 3. The molecule has 0 atom stereocenters. The van der Waals surface area contributed by atoms with Crippen LogP contribution in [0.25, 0.3) is 0 Å². The molecule has 3 N–H and O–H groups in total. The predicted octanol–water partition coefficient (Wildman–Crippen LogP) is 0.906. The number of amides is 1. The number of H-pyrrole nitrogens is 1. The summed E-state index contributed by atoms with van der Waals surface area (Å²) < 4.78 is 2.39. The normalized spacial score (nSPS) is 15.7. The van der Waals surface area contributed by atoms with E-state index in [4.69, 9.17) is 0 Å². The van der Waals surface area contributed by atoms with Gasteiger partial charge in [-0.25, -0.2) is 4.68 Å². The fraction of sp³-hybridized carbons (Fsp3) is 0.385. The Morgan fingerprint density at radius 1 is 1.41 bits per heavy atom. The highest BCUT2D eigenvalue weighted by Gasteiger charge is 2.19. The number of aromatic amines is 1. The largest absolute Gasteiger partial charge is 0.326 e. The third kappa shape index (κ3) is 3.25. The number of rotatable bonds is 3. The highest BCUT2D eigenvalue weighted by Crippen LogP contribution is 2.17. The molecular formula is C13H15BrN6O2.